The first-order valence-corrected chi connectivity index (χ1v) is 3.75. The summed E-state index contributed by atoms with van der Waals surface area (Å²) >= 11 is 7.92. The quantitative estimate of drug-likeness (QED) is 0.705. The van der Waals surface area contributed by atoms with Gasteiger partial charge in [-0.25, -0.2) is 0 Å². The normalized spacial score (nSPS) is 6.75. The van der Waals surface area contributed by atoms with Gasteiger partial charge in [-0.2, -0.15) is 0 Å². The predicted molar refractivity (Wildman–Crippen MR) is 59.0 cm³/mol. The van der Waals surface area contributed by atoms with Crippen molar-refractivity contribution in [3.63, 3.8) is 0 Å². The van der Waals surface area contributed by atoms with Crippen molar-refractivity contribution >= 4 is 28.7 Å². The summed E-state index contributed by atoms with van der Waals surface area (Å²) in [5, 5.41) is 0. The van der Waals surface area contributed by atoms with Crippen LogP contribution in [0.2, 0.25) is 0 Å². The fourth-order valence-corrected chi connectivity index (χ4v) is 0.519. The monoisotopic (exact) mass is 200 g/mol. The van der Waals surface area contributed by atoms with Gasteiger partial charge in [0.05, 0.1) is 0 Å². The van der Waals surface area contributed by atoms with E-state index in [2.05, 4.69) is 29.4 Å². The third-order valence-electron chi connectivity index (χ3n) is 0.958. The molecule has 0 aromatic carbocycles. The molecule has 2 nitrogen and oxygen atoms in total. The summed E-state index contributed by atoms with van der Waals surface area (Å²) in [5.74, 6) is 0. The zero-order chi connectivity index (χ0) is 8.53. The van der Waals surface area contributed by atoms with E-state index in [1.54, 1.807) is 12.4 Å². The number of nitrogens with two attached hydrogens (primary N) is 1. The number of pyridine rings is 1. The molecule has 1 aromatic heterocycles. The van der Waals surface area contributed by atoms with Gasteiger partial charge in [0.15, 0.2) is 0 Å². The molecule has 0 amide bonds. The maximum absolute atomic E-state index is 5.31. The number of hydrogen-bond donors (Lipinski definition) is 1. The molecule has 0 atom stereocenters. The molecule has 0 aliphatic heterocycles. The van der Waals surface area contributed by atoms with E-state index >= 15 is 0 Å². The van der Waals surface area contributed by atoms with E-state index in [1.807, 2.05) is 16.4 Å². The van der Waals surface area contributed by atoms with E-state index < -0.39 is 0 Å². The molecule has 0 aliphatic rings. The molecule has 0 unspecified atom stereocenters. The first-order chi connectivity index (χ1) is 5.35. The van der Waals surface area contributed by atoms with Crippen molar-refractivity contribution in [2.45, 2.75) is 14.0 Å². The van der Waals surface area contributed by atoms with Crippen molar-refractivity contribution in [1.29, 1.82) is 0 Å². The van der Waals surface area contributed by atoms with Gasteiger partial charge in [0, 0.05) is 23.3 Å². The molecule has 2 N–H and O–H groups in total. The number of aromatic nitrogens is 1. The molecule has 0 saturated carbocycles. The summed E-state index contributed by atoms with van der Waals surface area (Å²) < 4.78 is 1.92. The molecule has 4 heteroatoms. The average Bonchev–Trinajstić information content (AvgIpc) is 2.08. The lowest BCUT2D eigenvalue weighted by atomic mass is 10.3. The van der Waals surface area contributed by atoms with Gasteiger partial charge < -0.3 is 5.73 Å². The smallest absolute Gasteiger partial charge is 0.0312 e. The van der Waals surface area contributed by atoms with Crippen molar-refractivity contribution in [2.75, 3.05) is 0 Å². The van der Waals surface area contributed by atoms with Crippen LogP contribution in [0.5, 0.6) is 0 Å². The van der Waals surface area contributed by atoms with Gasteiger partial charge in [0.2, 0.25) is 0 Å². The van der Waals surface area contributed by atoms with Crippen LogP contribution in [0.3, 0.4) is 0 Å². The predicted octanol–water partition coefficient (Wildman–Crippen LogP) is 2.19. The van der Waals surface area contributed by atoms with Crippen molar-refractivity contribution in [1.82, 2.24) is 4.98 Å². The van der Waals surface area contributed by atoms with Gasteiger partial charge in [0.1, 0.15) is 0 Å². The largest absolute Gasteiger partial charge is 0.326 e. The Kier molecular flexibility index (Phi) is 12.0. The zero-order valence-electron chi connectivity index (χ0n) is 5.86. The molecule has 66 valence electrons. The second kappa shape index (κ2) is 10.3. The highest BCUT2D eigenvalue weighted by molar-refractivity contribution is 7.93. The molecule has 0 spiro atoms. The van der Waals surface area contributed by atoms with Crippen LogP contribution in [0.1, 0.15) is 13.0 Å². The first kappa shape index (κ1) is 13.9. The topological polar surface area (TPSA) is 38.9 Å². The minimum atomic E-state index is 0. The lowest BCUT2D eigenvalue weighted by molar-refractivity contribution is 1.05. The van der Waals surface area contributed by atoms with Crippen molar-refractivity contribution in [3.8, 4) is 0 Å². The minimum absolute atomic E-state index is 0. The Hall–Kier alpha value is -0.670. The molecule has 0 saturated heterocycles. The zero-order valence-corrected chi connectivity index (χ0v) is 7.49. The lowest BCUT2D eigenvalue weighted by Crippen LogP contribution is -1.95. The summed E-state index contributed by atoms with van der Waals surface area (Å²) in [6.07, 6.45) is 3.50. The molecule has 1 aromatic rings. The van der Waals surface area contributed by atoms with Crippen LogP contribution < -0.4 is 5.73 Å². The highest BCUT2D eigenvalue weighted by atomic mass is 32.1. The van der Waals surface area contributed by atoms with E-state index in [0.717, 1.165) is 5.56 Å². The summed E-state index contributed by atoms with van der Waals surface area (Å²) in [5.41, 5.74) is 6.39. The Labute approximate surface area is 83.8 Å². The maximum Gasteiger partial charge on any atom is 0.0312 e. The van der Waals surface area contributed by atoms with Gasteiger partial charge in [-0.05, 0) is 36.1 Å². The van der Waals surface area contributed by atoms with Crippen LogP contribution in [0.15, 0.2) is 24.5 Å². The van der Waals surface area contributed by atoms with Crippen LogP contribution >= 0.6 is 24.4 Å². The molecule has 12 heavy (non-hydrogen) atoms. The average molecular weight is 200 g/mol. The van der Waals surface area contributed by atoms with Gasteiger partial charge in [0.25, 0.3) is 0 Å². The van der Waals surface area contributed by atoms with Gasteiger partial charge in [-0.15, -0.1) is 0 Å². The number of rotatable bonds is 1. The summed E-state index contributed by atoms with van der Waals surface area (Å²) in [7, 11) is 0. The molecule has 1 heterocycles. The molecule has 0 fully saturated rings. The summed E-state index contributed by atoms with van der Waals surface area (Å²) in [6, 6.07) is 3.83. The Bertz CT molecular complexity index is 218. The Morgan fingerprint density at radius 2 is 2.08 bits per heavy atom. The lowest BCUT2D eigenvalue weighted by Gasteiger charge is -1.89. The Balaban J connectivity index is 0. The third kappa shape index (κ3) is 7.44. The molecule has 0 radical (unpaired) electrons. The molecule has 0 bridgehead atoms. The van der Waals surface area contributed by atoms with Crippen LogP contribution in [-0.2, 0) is 6.54 Å². The second-order valence-electron chi connectivity index (χ2n) is 1.65. The minimum Gasteiger partial charge on any atom is -0.326 e. The van der Waals surface area contributed by atoms with E-state index in [1.165, 1.54) is 0 Å². The van der Waals surface area contributed by atoms with Crippen LogP contribution in [0.4, 0.5) is 0 Å². The SMILES string of the molecule is C.NCc1cccnc1.S=C=S. The summed E-state index contributed by atoms with van der Waals surface area (Å²) in [4.78, 5) is 3.88. The van der Waals surface area contributed by atoms with E-state index in [9.17, 15) is 0 Å². The highest BCUT2D eigenvalue weighted by Gasteiger charge is 1.81. The van der Waals surface area contributed by atoms with E-state index in [4.69, 9.17) is 5.73 Å². The first-order valence-electron chi connectivity index (χ1n) is 2.93. The second-order valence-corrected chi connectivity index (χ2v) is 2.32. The van der Waals surface area contributed by atoms with Crippen LogP contribution in [0, 0.1) is 0 Å². The van der Waals surface area contributed by atoms with E-state index in [-0.39, 0.29) is 7.43 Å². The molecular weight excluding hydrogens is 188 g/mol. The Morgan fingerprint density at radius 3 is 2.33 bits per heavy atom. The molecule has 1 rings (SSSR count). The standard InChI is InChI=1S/C6H8N2.CS2.CH4/c7-4-6-2-1-3-8-5-6;2-1-3;/h1-3,5H,4,7H2;;1H4. The van der Waals surface area contributed by atoms with Gasteiger partial charge in [-0.1, -0.05) is 13.5 Å². The van der Waals surface area contributed by atoms with Crippen molar-refractivity contribution in [2.24, 2.45) is 5.73 Å². The van der Waals surface area contributed by atoms with Crippen LogP contribution in [0.25, 0.3) is 0 Å². The Morgan fingerprint density at radius 1 is 1.50 bits per heavy atom. The van der Waals surface area contributed by atoms with Crippen LogP contribution in [-0.4, -0.2) is 9.30 Å². The van der Waals surface area contributed by atoms with Gasteiger partial charge in [-0.3, -0.25) is 4.98 Å². The number of nitrogens with zero attached hydrogens (tertiary/aromatic N) is 1. The number of thiocarbonyl (C=S) groups is 2. The highest BCUT2D eigenvalue weighted by Crippen LogP contribution is 1.90. The fraction of sp³-hybridized carbons (Fsp3) is 0.250. The fourth-order valence-electron chi connectivity index (χ4n) is 0.519. The summed E-state index contributed by atoms with van der Waals surface area (Å²) in [6.45, 7) is 0.577. The van der Waals surface area contributed by atoms with E-state index in [0.29, 0.717) is 6.54 Å². The third-order valence-corrected chi connectivity index (χ3v) is 0.958. The molecular formula is C8H12N2S2. The van der Waals surface area contributed by atoms with Gasteiger partial charge >= 0.3 is 0 Å². The number of hydrogen-bond acceptors (Lipinski definition) is 4. The maximum atomic E-state index is 5.31. The molecule has 0 aliphatic carbocycles. The van der Waals surface area contributed by atoms with Crippen molar-refractivity contribution in [3.05, 3.63) is 30.1 Å². The van der Waals surface area contributed by atoms with Crippen molar-refractivity contribution < 1.29 is 0 Å².